The standard InChI is InChI=1S/C8H10ClN3O/c9-7-5-11-6(8(10)12-7)3-1-2-4-13/h1,3,5,13H,2,4H2,(H2,10,12). The van der Waals surface area contributed by atoms with E-state index in [2.05, 4.69) is 9.97 Å². The Bertz CT molecular complexity index is 314. The Morgan fingerprint density at radius 2 is 2.38 bits per heavy atom. The van der Waals surface area contributed by atoms with Crippen molar-refractivity contribution in [2.75, 3.05) is 12.3 Å². The minimum atomic E-state index is 0.109. The zero-order valence-corrected chi connectivity index (χ0v) is 7.70. The third kappa shape index (κ3) is 3.01. The van der Waals surface area contributed by atoms with Gasteiger partial charge in [0, 0.05) is 6.61 Å². The van der Waals surface area contributed by atoms with E-state index in [0.717, 1.165) is 0 Å². The summed E-state index contributed by atoms with van der Waals surface area (Å²) in [6.07, 6.45) is 5.48. The van der Waals surface area contributed by atoms with Gasteiger partial charge in [-0.25, -0.2) is 9.97 Å². The zero-order valence-electron chi connectivity index (χ0n) is 6.94. The van der Waals surface area contributed by atoms with Crippen molar-refractivity contribution >= 4 is 23.5 Å². The first-order chi connectivity index (χ1) is 6.24. The molecule has 1 rings (SSSR count). The van der Waals surface area contributed by atoms with Crippen LogP contribution in [0.25, 0.3) is 6.08 Å². The minimum absolute atomic E-state index is 0.109. The highest BCUT2D eigenvalue weighted by Crippen LogP contribution is 2.11. The van der Waals surface area contributed by atoms with Gasteiger partial charge in [-0.2, -0.15) is 0 Å². The highest BCUT2D eigenvalue weighted by atomic mass is 35.5. The van der Waals surface area contributed by atoms with Crippen LogP contribution in [0.2, 0.25) is 5.15 Å². The fourth-order valence-electron chi connectivity index (χ4n) is 0.788. The number of hydrogen-bond acceptors (Lipinski definition) is 4. The van der Waals surface area contributed by atoms with Crippen LogP contribution < -0.4 is 5.73 Å². The van der Waals surface area contributed by atoms with Crippen molar-refractivity contribution in [2.24, 2.45) is 0 Å². The van der Waals surface area contributed by atoms with E-state index < -0.39 is 0 Å². The van der Waals surface area contributed by atoms with Gasteiger partial charge >= 0.3 is 0 Å². The number of aliphatic hydroxyl groups is 1. The summed E-state index contributed by atoms with van der Waals surface area (Å²) < 4.78 is 0. The molecule has 0 aromatic carbocycles. The maximum Gasteiger partial charge on any atom is 0.151 e. The molecule has 0 bridgehead atoms. The number of aromatic nitrogens is 2. The number of hydrogen-bond donors (Lipinski definition) is 2. The molecule has 1 aromatic heterocycles. The molecule has 0 amide bonds. The molecule has 70 valence electrons. The monoisotopic (exact) mass is 199 g/mol. The van der Waals surface area contributed by atoms with Gasteiger partial charge in [0.2, 0.25) is 0 Å². The predicted molar refractivity (Wildman–Crippen MR) is 52.2 cm³/mol. The van der Waals surface area contributed by atoms with E-state index in [1.165, 1.54) is 6.20 Å². The summed E-state index contributed by atoms with van der Waals surface area (Å²) in [6.45, 7) is 0.109. The number of nitrogens with zero attached hydrogens (tertiary/aromatic N) is 2. The van der Waals surface area contributed by atoms with Crippen molar-refractivity contribution in [3.05, 3.63) is 23.1 Å². The lowest BCUT2D eigenvalue weighted by atomic mass is 10.3. The molecular weight excluding hydrogens is 190 g/mol. The third-order valence-corrected chi connectivity index (χ3v) is 1.55. The van der Waals surface area contributed by atoms with Gasteiger partial charge in [-0.3, -0.25) is 0 Å². The molecule has 4 nitrogen and oxygen atoms in total. The number of rotatable bonds is 3. The van der Waals surface area contributed by atoms with Crippen LogP contribution >= 0.6 is 11.6 Å². The van der Waals surface area contributed by atoms with Crippen LogP contribution in [0.3, 0.4) is 0 Å². The van der Waals surface area contributed by atoms with E-state index in [4.69, 9.17) is 22.4 Å². The molecule has 0 spiro atoms. The fourth-order valence-corrected chi connectivity index (χ4v) is 0.928. The van der Waals surface area contributed by atoms with E-state index in [1.807, 2.05) is 0 Å². The highest BCUT2D eigenvalue weighted by Gasteiger charge is 1.98. The molecule has 0 aliphatic carbocycles. The second-order valence-electron chi connectivity index (χ2n) is 2.38. The van der Waals surface area contributed by atoms with Gasteiger partial charge in [-0.15, -0.1) is 0 Å². The largest absolute Gasteiger partial charge is 0.396 e. The summed E-state index contributed by atoms with van der Waals surface area (Å²) in [6, 6.07) is 0. The van der Waals surface area contributed by atoms with Gasteiger partial charge < -0.3 is 10.8 Å². The average Bonchev–Trinajstić information content (AvgIpc) is 2.09. The molecule has 0 aliphatic heterocycles. The van der Waals surface area contributed by atoms with Crippen LogP contribution in [-0.4, -0.2) is 21.7 Å². The topological polar surface area (TPSA) is 72.0 Å². The van der Waals surface area contributed by atoms with Gasteiger partial charge in [-0.1, -0.05) is 17.7 Å². The molecule has 0 aliphatic rings. The molecule has 1 aromatic rings. The number of nitrogen functional groups attached to an aromatic ring is 1. The first-order valence-corrected chi connectivity index (χ1v) is 4.17. The molecule has 0 unspecified atom stereocenters. The smallest absolute Gasteiger partial charge is 0.151 e. The summed E-state index contributed by atoms with van der Waals surface area (Å²) in [4.78, 5) is 7.78. The normalized spacial score (nSPS) is 10.9. The molecule has 0 atom stereocenters. The molecule has 3 N–H and O–H groups in total. The van der Waals surface area contributed by atoms with Crippen LogP contribution in [-0.2, 0) is 0 Å². The van der Waals surface area contributed by atoms with E-state index in [9.17, 15) is 0 Å². The number of aliphatic hydroxyl groups excluding tert-OH is 1. The lowest BCUT2D eigenvalue weighted by Crippen LogP contribution is -1.96. The second-order valence-corrected chi connectivity index (χ2v) is 2.77. The summed E-state index contributed by atoms with van der Waals surface area (Å²) in [5.41, 5.74) is 6.10. The first-order valence-electron chi connectivity index (χ1n) is 3.79. The summed E-state index contributed by atoms with van der Waals surface area (Å²) >= 11 is 5.56. The van der Waals surface area contributed by atoms with Crippen LogP contribution in [0.5, 0.6) is 0 Å². The minimum Gasteiger partial charge on any atom is -0.396 e. The van der Waals surface area contributed by atoms with Gasteiger partial charge in [0.15, 0.2) is 5.82 Å². The van der Waals surface area contributed by atoms with Crippen molar-refractivity contribution in [3.8, 4) is 0 Å². The molecule has 1 heterocycles. The second kappa shape index (κ2) is 4.79. The van der Waals surface area contributed by atoms with E-state index in [0.29, 0.717) is 17.9 Å². The van der Waals surface area contributed by atoms with Gasteiger partial charge in [-0.05, 0) is 12.5 Å². The lowest BCUT2D eigenvalue weighted by molar-refractivity contribution is 0.303. The Labute approximate surface area is 81.1 Å². The molecule has 0 radical (unpaired) electrons. The van der Waals surface area contributed by atoms with Crippen molar-refractivity contribution < 1.29 is 5.11 Å². The Balaban J connectivity index is 2.77. The lowest BCUT2D eigenvalue weighted by Gasteiger charge is -1.97. The van der Waals surface area contributed by atoms with Gasteiger partial charge in [0.1, 0.15) is 10.8 Å². The van der Waals surface area contributed by atoms with E-state index in [1.54, 1.807) is 12.2 Å². The summed E-state index contributed by atoms with van der Waals surface area (Å²) in [5, 5.41) is 8.79. The van der Waals surface area contributed by atoms with Crippen molar-refractivity contribution in [1.29, 1.82) is 0 Å². The van der Waals surface area contributed by atoms with Crippen LogP contribution in [0.1, 0.15) is 12.1 Å². The number of anilines is 1. The number of halogens is 1. The van der Waals surface area contributed by atoms with E-state index >= 15 is 0 Å². The molecular formula is C8H10ClN3O. The Morgan fingerprint density at radius 3 is 3.00 bits per heavy atom. The summed E-state index contributed by atoms with van der Waals surface area (Å²) in [7, 11) is 0. The molecule has 0 saturated carbocycles. The van der Waals surface area contributed by atoms with E-state index in [-0.39, 0.29) is 11.8 Å². The van der Waals surface area contributed by atoms with Gasteiger partial charge in [0.25, 0.3) is 0 Å². The summed E-state index contributed by atoms with van der Waals surface area (Å²) in [5.74, 6) is 0.293. The Morgan fingerprint density at radius 1 is 1.62 bits per heavy atom. The maximum atomic E-state index is 8.52. The van der Waals surface area contributed by atoms with Crippen LogP contribution in [0, 0.1) is 0 Å². The molecule has 0 saturated heterocycles. The third-order valence-electron chi connectivity index (χ3n) is 1.37. The van der Waals surface area contributed by atoms with Gasteiger partial charge in [0.05, 0.1) is 6.20 Å². The van der Waals surface area contributed by atoms with Crippen LogP contribution in [0.4, 0.5) is 5.82 Å². The highest BCUT2D eigenvalue weighted by molar-refractivity contribution is 6.29. The predicted octanol–water partition coefficient (Wildman–Crippen LogP) is 1.11. The molecule has 0 fully saturated rings. The number of nitrogens with two attached hydrogens (primary N) is 1. The van der Waals surface area contributed by atoms with Crippen molar-refractivity contribution in [1.82, 2.24) is 9.97 Å². The quantitative estimate of drug-likeness (QED) is 0.765. The zero-order chi connectivity index (χ0) is 9.68. The molecule has 5 heteroatoms. The average molecular weight is 200 g/mol. The maximum absolute atomic E-state index is 8.52. The Kier molecular flexibility index (Phi) is 3.67. The van der Waals surface area contributed by atoms with Crippen molar-refractivity contribution in [3.63, 3.8) is 0 Å². The van der Waals surface area contributed by atoms with Crippen molar-refractivity contribution in [2.45, 2.75) is 6.42 Å². The van der Waals surface area contributed by atoms with Crippen LogP contribution in [0.15, 0.2) is 12.3 Å². The first kappa shape index (κ1) is 9.95. The SMILES string of the molecule is Nc1nc(Cl)cnc1C=CCCO. The fraction of sp³-hybridized carbons (Fsp3) is 0.250. The molecule has 13 heavy (non-hydrogen) atoms. The Hall–Kier alpha value is -1.13.